The quantitative estimate of drug-likeness (QED) is 0.798. The van der Waals surface area contributed by atoms with E-state index >= 15 is 0 Å². The summed E-state index contributed by atoms with van der Waals surface area (Å²) in [6.07, 6.45) is 0.788. The Morgan fingerprint density at radius 3 is 2.92 bits per heavy atom. The van der Waals surface area contributed by atoms with Gasteiger partial charge in [0.05, 0.1) is 12.6 Å². The third kappa shape index (κ3) is 3.00. The molecule has 136 valence electrons. The molecule has 9 heteroatoms. The summed E-state index contributed by atoms with van der Waals surface area (Å²) in [5.74, 6) is -0.287. The zero-order valence-electron chi connectivity index (χ0n) is 13.6. The number of amides is 2. The Morgan fingerprint density at radius 2 is 2.16 bits per heavy atom. The SMILES string of the molecule is O=C(NCCc1ccc(F)cc1)N1C[C@H]2C[C@H]3[C@@](CNS3(=O)=O)(C1)O2. The molecular formula is C16H20FN3O4S. The maximum absolute atomic E-state index is 12.9. The van der Waals surface area contributed by atoms with E-state index < -0.39 is 20.9 Å². The average Bonchev–Trinajstić information content (AvgIpc) is 2.98. The number of ether oxygens (including phenoxy) is 1. The van der Waals surface area contributed by atoms with Crippen LogP contribution in [0.15, 0.2) is 24.3 Å². The van der Waals surface area contributed by atoms with Crippen molar-refractivity contribution in [3.05, 3.63) is 35.6 Å². The highest BCUT2D eigenvalue weighted by Gasteiger charge is 2.62. The first kappa shape index (κ1) is 16.7. The second kappa shape index (κ2) is 5.93. The van der Waals surface area contributed by atoms with Crippen LogP contribution in [0.1, 0.15) is 12.0 Å². The third-order valence-corrected chi connectivity index (χ3v) is 7.10. The van der Waals surface area contributed by atoms with E-state index in [0.29, 0.717) is 25.9 Å². The summed E-state index contributed by atoms with van der Waals surface area (Å²) in [5.41, 5.74) is 0.115. The molecule has 2 amide bonds. The summed E-state index contributed by atoms with van der Waals surface area (Å²) in [4.78, 5) is 14.1. The lowest BCUT2D eigenvalue weighted by atomic mass is 10.00. The molecule has 0 radical (unpaired) electrons. The van der Waals surface area contributed by atoms with Crippen LogP contribution in [0.2, 0.25) is 0 Å². The second-order valence-corrected chi connectivity index (χ2v) is 8.83. The lowest BCUT2D eigenvalue weighted by Crippen LogP contribution is -2.58. The monoisotopic (exact) mass is 369 g/mol. The molecule has 3 heterocycles. The Morgan fingerprint density at radius 1 is 1.40 bits per heavy atom. The topological polar surface area (TPSA) is 87.7 Å². The highest BCUT2D eigenvalue weighted by atomic mass is 32.2. The summed E-state index contributed by atoms with van der Waals surface area (Å²) >= 11 is 0. The number of hydrogen-bond donors (Lipinski definition) is 2. The number of sulfonamides is 1. The van der Waals surface area contributed by atoms with Crippen molar-refractivity contribution < 1.29 is 22.3 Å². The summed E-state index contributed by atoms with van der Waals surface area (Å²) in [7, 11) is -3.36. The molecule has 25 heavy (non-hydrogen) atoms. The fourth-order valence-corrected chi connectivity index (χ4v) is 5.86. The van der Waals surface area contributed by atoms with Gasteiger partial charge in [0.15, 0.2) is 0 Å². The van der Waals surface area contributed by atoms with Crippen LogP contribution in [-0.2, 0) is 21.2 Å². The molecule has 3 saturated heterocycles. The number of likely N-dealkylation sites (tertiary alicyclic amines) is 1. The van der Waals surface area contributed by atoms with E-state index in [0.717, 1.165) is 5.56 Å². The molecule has 0 unspecified atom stereocenters. The van der Waals surface area contributed by atoms with Gasteiger partial charge < -0.3 is 15.0 Å². The van der Waals surface area contributed by atoms with Gasteiger partial charge in [0, 0.05) is 19.6 Å². The molecule has 2 bridgehead atoms. The van der Waals surface area contributed by atoms with Crippen molar-refractivity contribution in [3.8, 4) is 0 Å². The lowest BCUT2D eigenvalue weighted by molar-refractivity contribution is -0.0881. The molecule has 0 aromatic heterocycles. The molecular weight excluding hydrogens is 349 g/mol. The van der Waals surface area contributed by atoms with E-state index in [4.69, 9.17) is 4.74 Å². The molecule has 3 aliphatic heterocycles. The molecule has 1 aromatic rings. The fraction of sp³-hybridized carbons (Fsp3) is 0.562. The van der Waals surface area contributed by atoms with Crippen molar-refractivity contribution in [1.82, 2.24) is 14.9 Å². The van der Waals surface area contributed by atoms with Crippen LogP contribution in [-0.4, -0.2) is 62.5 Å². The second-order valence-electron chi connectivity index (χ2n) is 6.88. The number of rotatable bonds is 3. The van der Waals surface area contributed by atoms with Crippen molar-refractivity contribution in [2.75, 3.05) is 26.2 Å². The maximum atomic E-state index is 12.9. The summed E-state index contributed by atoms with van der Waals surface area (Å²) in [6.45, 7) is 1.31. The first-order valence-corrected chi connectivity index (χ1v) is 9.86. The van der Waals surface area contributed by atoms with Gasteiger partial charge >= 0.3 is 6.03 Å². The van der Waals surface area contributed by atoms with E-state index in [9.17, 15) is 17.6 Å². The van der Waals surface area contributed by atoms with Crippen LogP contribution in [0.25, 0.3) is 0 Å². The van der Waals surface area contributed by atoms with Gasteiger partial charge in [-0.1, -0.05) is 12.1 Å². The number of benzene rings is 1. The van der Waals surface area contributed by atoms with E-state index in [2.05, 4.69) is 10.0 Å². The van der Waals surface area contributed by atoms with E-state index in [1.165, 1.54) is 12.1 Å². The number of hydrogen-bond acceptors (Lipinski definition) is 4. The van der Waals surface area contributed by atoms with Crippen LogP contribution in [0, 0.1) is 5.82 Å². The smallest absolute Gasteiger partial charge is 0.317 e. The van der Waals surface area contributed by atoms with Crippen LogP contribution in [0.3, 0.4) is 0 Å². The minimum absolute atomic E-state index is 0.218. The number of morpholine rings is 1. The predicted molar refractivity (Wildman–Crippen MR) is 88.0 cm³/mol. The number of nitrogens with zero attached hydrogens (tertiary/aromatic N) is 1. The fourth-order valence-electron chi connectivity index (χ4n) is 3.97. The Labute approximate surface area is 145 Å². The lowest BCUT2D eigenvalue weighted by Gasteiger charge is -2.38. The normalized spacial score (nSPS) is 32.4. The van der Waals surface area contributed by atoms with Gasteiger partial charge in [-0.15, -0.1) is 0 Å². The Balaban J connectivity index is 1.35. The molecule has 1 spiro atoms. The highest BCUT2D eigenvalue weighted by Crippen LogP contribution is 2.42. The van der Waals surface area contributed by atoms with E-state index in [1.54, 1.807) is 17.0 Å². The van der Waals surface area contributed by atoms with Gasteiger partial charge in [0.25, 0.3) is 0 Å². The summed E-state index contributed by atoms with van der Waals surface area (Å²) < 4.78 is 45.5. The molecule has 7 nitrogen and oxygen atoms in total. The number of fused-ring (bicyclic) bond motifs is 1. The van der Waals surface area contributed by atoms with E-state index in [-0.39, 0.29) is 31.0 Å². The maximum Gasteiger partial charge on any atom is 0.317 e. The van der Waals surface area contributed by atoms with Gasteiger partial charge in [-0.25, -0.2) is 22.3 Å². The first-order valence-electron chi connectivity index (χ1n) is 8.31. The minimum Gasteiger partial charge on any atom is -0.365 e. The van der Waals surface area contributed by atoms with Gasteiger partial charge in [0.1, 0.15) is 16.7 Å². The van der Waals surface area contributed by atoms with Gasteiger partial charge in [-0.2, -0.15) is 0 Å². The van der Waals surface area contributed by atoms with Crippen LogP contribution in [0.4, 0.5) is 9.18 Å². The number of halogens is 1. The Hall–Kier alpha value is -1.71. The Kier molecular flexibility index (Phi) is 3.97. The van der Waals surface area contributed by atoms with Crippen LogP contribution in [0.5, 0.6) is 0 Å². The molecule has 0 aliphatic carbocycles. The largest absolute Gasteiger partial charge is 0.365 e. The van der Waals surface area contributed by atoms with Crippen molar-refractivity contribution in [2.24, 2.45) is 0 Å². The molecule has 3 atom stereocenters. The standard InChI is InChI=1S/C16H20FN3O4S/c17-12-3-1-11(2-4-12)5-6-18-15(21)20-8-13-7-14-16(10-20,24-13)9-19-25(14,22)23/h1-4,13-14,19H,5-10H2,(H,18,21)/t13-,14+,16-/m1/s1. The van der Waals surface area contributed by atoms with Crippen molar-refractivity contribution in [3.63, 3.8) is 0 Å². The van der Waals surface area contributed by atoms with Gasteiger partial charge in [0.2, 0.25) is 10.0 Å². The number of carbonyl (C=O) groups is 1. The molecule has 2 N–H and O–H groups in total. The van der Waals surface area contributed by atoms with E-state index in [1.807, 2.05) is 0 Å². The summed E-state index contributed by atoms with van der Waals surface area (Å²) in [6, 6.07) is 5.94. The van der Waals surface area contributed by atoms with Crippen LogP contribution < -0.4 is 10.0 Å². The third-order valence-electron chi connectivity index (χ3n) is 5.19. The Bertz CT molecular complexity index is 785. The average molecular weight is 369 g/mol. The predicted octanol–water partition coefficient (Wildman–Crippen LogP) is 0.223. The van der Waals surface area contributed by atoms with Gasteiger partial charge in [-0.3, -0.25) is 0 Å². The van der Waals surface area contributed by atoms with Crippen molar-refractivity contribution in [2.45, 2.75) is 29.8 Å². The number of nitrogens with one attached hydrogen (secondary N) is 2. The van der Waals surface area contributed by atoms with Crippen molar-refractivity contribution >= 4 is 16.1 Å². The number of urea groups is 1. The first-order chi connectivity index (χ1) is 11.9. The molecule has 3 fully saturated rings. The summed E-state index contributed by atoms with van der Waals surface area (Å²) in [5, 5.41) is 2.27. The van der Waals surface area contributed by atoms with Crippen LogP contribution >= 0.6 is 0 Å². The zero-order chi connectivity index (χ0) is 17.7. The molecule has 0 saturated carbocycles. The molecule has 4 rings (SSSR count). The molecule has 3 aliphatic rings. The van der Waals surface area contributed by atoms with Crippen molar-refractivity contribution in [1.29, 1.82) is 0 Å². The van der Waals surface area contributed by atoms with Gasteiger partial charge in [-0.05, 0) is 30.5 Å². The minimum atomic E-state index is -3.36. The molecule has 1 aromatic carbocycles. The zero-order valence-corrected chi connectivity index (χ0v) is 14.4. The highest BCUT2D eigenvalue weighted by molar-refractivity contribution is 7.90. The number of carbonyl (C=O) groups excluding carboxylic acids is 1.